The predicted molar refractivity (Wildman–Crippen MR) is 130 cm³/mol. The second kappa shape index (κ2) is 9.75. The quantitative estimate of drug-likeness (QED) is 0.297. The number of ether oxygens (including phenoxy) is 3. The molecule has 38 heavy (non-hydrogen) atoms. The minimum Gasteiger partial charge on any atom is -0.507 e. The average molecular weight is 528 g/mol. The molecule has 0 bridgehead atoms. The molecular weight excluding hydrogens is 498 g/mol. The van der Waals surface area contributed by atoms with Crippen molar-refractivity contribution in [2.75, 3.05) is 13.7 Å². The second-order valence-corrected chi connectivity index (χ2v) is 9.93. The van der Waals surface area contributed by atoms with E-state index in [1.807, 2.05) is 0 Å². The Morgan fingerprint density at radius 1 is 1.11 bits per heavy atom. The van der Waals surface area contributed by atoms with Crippen LogP contribution >= 0.6 is 0 Å². The third-order valence-corrected chi connectivity index (χ3v) is 7.71. The number of hydrogen-bond acceptors (Lipinski definition) is 11. The largest absolute Gasteiger partial charge is 0.507 e. The van der Waals surface area contributed by atoms with Gasteiger partial charge in [-0.05, 0) is 25.8 Å². The maximum Gasteiger partial charge on any atom is 0.202 e. The number of phenols is 2. The molecule has 0 aromatic heterocycles. The zero-order valence-corrected chi connectivity index (χ0v) is 20.8. The van der Waals surface area contributed by atoms with E-state index in [0.29, 0.717) is 0 Å². The van der Waals surface area contributed by atoms with Gasteiger partial charge in [0.05, 0.1) is 42.1 Å². The number of fused-ring (bicyclic) bond motifs is 3. The summed E-state index contributed by atoms with van der Waals surface area (Å²) >= 11 is 0. The van der Waals surface area contributed by atoms with Gasteiger partial charge in [0.1, 0.15) is 23.9 Å². The molecule has 2 aliphatic carbocycles. The Kier molecular flexibility index (Phi) is 6.74. The van der Waals surface area contributed by atoms with E-state index in [1.165, 1.54) is 25.3 Å². The van der Waals surface area contributed by atoms with E-state index < -0.39 is 72.0 Å². The monoisotopic (exact) mass is 527 g/mol. The molecule has 2 aromatic carbocycles. The van der Waals surface area contributed by atoms with Crippen molar-refractivity contribution >= 4 is 17.3 Å². The topological polar surface area (TPSA) is 186 Å². The Labute approximate surface area is 217 Å². The minimum atomic E-state index is -1.06. The average Bonchev–Trinajstić information content (AvgIpc) is 2.90. The van der Waals surface area contributed by atoms with Crippen LogP contribution in [0.1, 0.15) is 68.8 Å². The molecule has 0 saturated carbocycles. The lowest BCUT2D eigenvalue weighted by Gasteiger charge is -2.40. The second-order valence-electron chi connectivity index (χ2n) is 9.93. The maximum absolute atomic E-state index is 13.6. The lowest BCUT2D eigenvalue weighted by molar-refractivity contribution is -0.243. The number of aromatic hydroxyl groups is 2. The van der Waals surface area contributed by atoms with Crippen LogP contribution in [0.25, 0.3) is 0 Å². The first-order valence-corrected chi connectivity index (χ1v) is 12.3. The van der Waals surface area contributed by atoms with Crippen LogP contribution in [0, 0.1) is 5.92 Å². The van der Waals surface area contributed by atoms with E-state index in [0.717, 1.165) is 0 Å². The van der Waals surface area contributed by atoms with Gasteiger partial charge in [-0.1, -0.05) is 12.1 Å². The molecule has 0 amide bonds. The molecule has 1 heterocycles. The fourth-order valence-corrected chi connectivity index (χ4v) is 5.73. The molecule has 11 nitrogen and oxygen atoms in total. The van der Waals surface area contributed by atoms with Crippen molar-refractivity contribution in [2.24, 2.45) is 11.7 Å². The van der Waals surface area contributed by atoms with Gasteiger partial charge in [-0.25, -0.2) is 0 Å². The Morgan fingerprint density at radius 3 is 2.47 bits per heavy atom. The number of Topliss-reactive ketones (excluding diaryl/α,β-unsaturated/α-hetero) is 1. The summed E-state index contributed by atoms with van der Waals surface area (Å²) in [6.45, 7) is 0.880. The van der Waals surface area contributed by atoms with E-state index >= 15 is 0 Å². The van der Waals surface area contributed by atoms with Crippen molar-refractivity contribution < 1.29 is 49.0 Å². The number of carbonyl (C=O) groups is 3. The van der Waals surface area contributed by atoms with Crippen LogP contribution < -0.4 is 10.5 Å². The van der Waals surface area contributed by atoms with Gasteiger partial charge in [0.25, 0.3) is 0 Å². The van der Waals surface area contributed by atoms with Gasteiger partial charge >= 0.3 is 0 Å². The summed E-state index contributed by atoms with van der Waals surface area (Å²) in [6.07, 6.45) is -3.54. The van der Waals surface area contributed by atoms with Gasteiger partial charge in [-0.3, -0.25) is 14.4 Å². The summed E-state index contributed by atoms with van der Waals surface area (Å²) in [7, 11) is 1.35. The van der Waals surface area contributed by atoms with Crippen molar-refractivity contribution in [3.63, 3.8) is 0 Å². The summed E-state index contributed by atoms with van der Waals surface area (Å²) < 4.78 is 17.2. The number of nitrogens with two attached hydrogens (primary N) is 1. The van der Waals surface area contributed by atoms with E-state index in [9.17, 15) is 34.8 Å². The highest BCUT2D eigenvalue weighted by molar-refractivity contribution is 6.31. The Balaban J connectivity index is 1.65. The van der Waals surface area contributed by atoms with Gasteiger partial charge in [0.2, 0.25) is 5.78 Å². The lowest BCUT2D eigenvalue weighted by Crippen LogP contribution is -2.52. The van der Waals surface area contributed by atoms with Crippen LogP contribution in [-0.4, -0.2) is 76.0 Å². The predicted octanol–water partition coefficient (Wildman–Crippen LogP) is 0.886. The van der Waals surface area contributed by atoms with Crippen molar-refractivity contribution in [3.8, 4) is 17.2 Å². The third-order valence-electron chi connectivity index (χ3n) is 7.71. The van der Waals surface area contributed by atoms with Crippen LogP contribution in [-0.2, 0) is 20.7 Å². The van der Waals surface area contributed by atoms with Crippen molar-refractivity contribution in [2.45, 2.75) is 56.8 Å². The standard InChI is InChI=1S/C27H29NO10/c1-10-23(31)14(28)8-18(37-10)38-17-7-11(15(30)9-29)6-13-20(17)27(35)22-21(25(13)33)24(32)12-4-3-5-16(36-2)19(12)26(22)34/h3-5,10-11,14,17-18,23,29,31,33,35H,6-9,28H2,1-2H3/t10?,11?,14?,17-,18-,23?/m0/s1. The number of carbonyl (C=O) groups excluding carboxylic acids is 3. The molecule has 2 aromatic rings. The molecular formula is C27H29NO10. The molecule has 6 N–H and O–H groups in total. The summed E-state index contributed by atoms with van der Waals surface area (Å²) in [5.74, 6) is -3.64. The van der Waals surface area contributed by atoms with Crippen LogP contribution in [0.15, 0.2) is 18.2 Å². The molecule has 3 aliphatic rings. The smallest absolute Gasteiger partial charge is 0.202 e. The number of aliphatic hydroxyl groups excluding tert-OH is 2. The molecule has 4 unspecified atom stereocenters. The molecule has 1 saturated heterocycles. The number of methoxy groups -OCH3 is 1. The lowest BCUT2D eigenvalue weighted by atomic mass is 9.73. The molecule has 1 aliphatic heterocycles. The SMILES string of the molecule is COc1cccc2c1C(=O)c1c(O)c3c(c(O)c1C2=O)CC(C(=O)CO)C[C@@H]3O[C@H]1CC(N)C(O)C(C)O1. The Hall–Kier alpha value is -3.35. The molecule has 5 rings (SSSR count). The molecule has 0 radical (unpaired) electrons. The van der Waals surface area contributed by atoms with Gasteiger partial charge in [0, 0.05) is 35.1 Å². The number of phenolic OH excluding ortho intramolecular Hbond substituents is 2. The van der Waals surface area contributed by atoms with E-state index in [2.05, 4.69) is 0 Å². The highest BCUT2D eigenvalue weighted by Crippen LogP contribution is 2.51. The summed E-state index contributed by atoms with van der Waals surface area (Å²) in [5, 5.41) is 42.4. The van der Waals surface area contributed by atoms with Crippen LogP contribution in [0.4, 0.5) is 0 Å². The first kappa shape index (κ1) is 26.3. The molecule has 6 atom stereocenters. The highest BCUT2D eigenvalue weighted by atomic mass is 16.7. The fourth-order valence-electron chi connectivity index (χ4n) is 5.73. The fraction of sp³-hybridized carbons (Fsp3) is 0.444. The number of benzene rings is 2. The first-order chi connectivity index (χ1) is 18.1. The summed E-state index contributed by atoms with van der Waals surface area (Å²) in [4.78, 5) is 39.6. The maximum atomic E-state index is 13.6. The molecule has 1 fully saturated rings. The zero-order chi connectivity index (χ0) is 27.5. The van der Waals surface area contributed by atoms with Gasteiger partial charge in [0.15, 0.2) is 17.9 Å². The molecule has 11 heteroatoms. The zero-order valence-electron chi connectivity index (χ0n) is 20.8. The van der Waals surface area contributed by atoms with E-state index in [1.54, 1.807) is 6.92 Å². The van der Waals surface area contributed by atoms with E-state index in [-0.39, 0.29) is 58.4 Å². The number of ketones is 3. The molecule has 0 spiro atoms. The van der Waals surface area contributed by atoms with Crippen molar-refractivity contribution in [1.82, 2.24) is 0 Å². The van der Waals surface area contributed by atoms with Crippen LogP contribution in [0.2, 0.25) is 0 Å². The van der Waals surface area contributed by atoms with Gasteiger partial charge < -0.3 is 40.4 Å². The number of hydrogen-bond donors (Lipinski definition) is 5. The Bertz CT molecular complexity index is 1330. The van der Waals surface area contributed by atoms with Crippen molar-refractivity contribution in [1.29, 1.82) is 0 Å². The van der Waals surface area contributed by atoms with E-state index in [4.69, 9.17) is 19.9 Å². The van der Waals surface area contributed by atoms with Crippen molar-refractivity contribution in [3.05, 3.63) is 51.6 Å². The number of rotatable bonds is 5. The third kappa shape index (κ3) is 3.98. The Morgan fingerprint density at radius 2 is 1.82 bits per heavy atom. The number of aliphatic hydroxyl groups is 2. The van der Waals surface area contributed by atoms with Crippen LogP contribution in [0.3, 0.4) is 0 Å². The highest BCUT2D eigenvalue weighted by Gasteiger charge is 2.45. The summed E-state index contributed by atoms with van der Waals surface area (Å²) in [6, 6.07) is 3.83. The first-order valence-electron chi connectivity index (χ1n) is 12.3. The van der Waals surface area contributed by atoms with Gasteiger partial charge in [-0.15, -0.1) is 0 Å². The molecule has 202 valence electrons. The summed E-state index contributed by atoms with van der Waals surface area (Å²) in [5.41, 5.74) is 5.39. The van der Waals surface area contributed by atoms with Gasteiger partial charge in [-0.2, -0.15) is 0 Å². The minimum absolute atomic E-state index is 0.00621. The normalized spacial score (nSPS) is 28.3. The van der Waals surface area contributed by atoms with Crippen LogP contribution in [0.5, 0.6) is 17.2 Å².